The average molecular weight is 382 g/mol. The Bertz CT molecular complexity index is 1150. The summed E-state index contributed by atoms with van der Waals surface area (Å²) in [4.78, 5) is 46.6. The van der Waals surface area contributed by atoms with E-state index in [-0.39, 0.29) is 27.8 Å². The molecule has 142 valence electrons. The van der Waals surface area contributed by atoms with Crippen molar-refractivity contribution in [3.8, 4) is 0 Å². The fourth-order valence-corrected chi connectivity index (χ4v) is 2.61. The van der Waals surface area contributed by atoms with Crippen molar-refractivity contribution in [3.63, 3.8) is 0 Å². The number of benzene rings is 2. The van der Waals surface area contributed by atoms with E-state index in [4.69, 9.17) is 4.74 Å². The number of aromatic amines is 1. The number of aromatic nitrogens is 2. The van der Waals surface area contributed by atoms with E-state index in [9.17, 15) is 24.5 Å². The van der Waals surface area contributed by atoms with Gasteiger partial charge >= 0.3 is 5.97 Å². The number of aryl methyl sites for hydroxylation is 1. The minimum Gasteiger partial charge on any atom is -0.451 e. The molecule has 1 aromatic heterocycles. The zero-order valence-electron chi connectivity index (χ0n) is 14.6. The standard InChI is InChI=1S/C18H14N4O6/c1-10-5-4-8-13(22(26)27)15(10)19-14(23)9-28-18(25)16-11-6-2-3-7-12(11)17(24)21-20-16/h2-8H,9H2,1H3,(H,19,23)(H,21,24). The smallest absolute Gasteiger partial charge is 0.359 e. The molecule has 0 unspecified atom stereocenters. The number of ether oxygens (including phenoxy) is 1. The molecule has 0 bridgehead atoms. The van der Waals surface area contributed by atoms with Crippen LogP contribution >= 0.6 is 0 Å². The molecular formula is C18H14N4O6. The van der Waals surface area contributed by atoms with E-state index in [1.807, 2.05) is 0 Å². The molecule has 2 N–H and O–H groups in total. The highest BCUT2D eigenvalue weighted by molar-refractivity contribution is 6.03. The Kier molecular flexibility index (Phi) is 5.12. The van der Waals surface area contributed by atoms with Gasteiger partial charge in [0.05, 0.1) is 10.3 Å². The largest absolute Gasteiger partial charge is 0.451 e. The molecule has 0 fully saturated rings. The molecule has 0 radical (unpaired) electrons. The van der Waals surface area contributed by atoms with Crippen LogP contribution in [0.5, 0.6) is 0 Å². The zero-order chi connectivity index (χ0) is 20.3. The van der Waals surface area contributed by atoms with Crippen LogP contribution in [0.25, 0.3) is 10.8 Å². The topological polar surface area (TPSA) is 144 Å². The molecule has 0 aliphatic carbocycles. The molecule has 10 nitrogen and oxygen atoms in total. The van der Waals surface area contributed by atoms with Crippen molar-refractivity contribution in [1.29, 1.82) is 0 Å². The summed E-state index contributed by atoms with van der Waals surface area (Å²) < 4.78 is 4.94. The fraction of sp³-hybridized carbons (Fsp3) is 0.111. The maximum atomic E-state index is 12.3. The third kappa shape index (κ3) is 3.70. The van der Waals surface area contributed by atoms with Gasteiger partial charge in [0.15, 0.2) is 12.3 Å². The molecule has 0 aliphatic heterocycles. The summed E-state index contributed by atoms with van der Waals surface area (Å²) in [6, 6.07) is 10.7. The number of nitro groups is 1. The van der Waals surface area contributed by atoms with Gasteiger partial charge in [-0.05, 0) is 18.6 Å². The summed E-state index contributed by atoms with van der Waals surface area (Å²) in [7, 11) is 0. The Morgan fingerprint density at radius 1 is 1.18 bits per heavy atom. The van der Waals surface area contributed by atoms with Gasteiger partial charge in [-0.15, -0.1) is 0 Å². The number of fused-ring (bicyclic) bond motifs is 1. The van der Waals surface area contributed by atoms with Crippen molar-refractivity contribution in [3.05, 3.63) is 74.2 Å². The van der Waals surface area contributed by atoms with E-state index >= 15 is 0 Å². The Balaban J connectivity index is 1.75. The molecule has 0 spiro atoms. The molecule has 0 saturated carbocycles. The predicted octanol–water partition coefficient (Wildman–Crippen LogP) is 1.94. The van der Waals surface area contributed by atoms with E-state index in [0.29, 0.717) is 5.56 Å². The van der Waals surface area contributed by atoms with Crippen molar-refractivity contribution in [1.82, 2.24) is 10.2 Å². The number of nitrogens with one attached hydrogen (secondary N) is 2. The summed E-state index contributed by atoms with van der Waals surface area (Å²) in [5.74, 6) is -1.67. The second-order valence-corrected chi connectivity index (χ2v) is 5.80. The first kappa shape index (κ1) is 18.7. The molecule has 0 aliphatic rings. The van der Waals surface area contributed by atoms with Crippen molar-refractivity contribution in [2.75, 3.05) is 11.9 Å². The Hall–Kier alpha value is -4.08. The van der Waals surface area contributed by atoms with E-state index in [0.717, 1.165) is 0 Å². The molecule has 1 amide bonds. The van der Waals surface area contributed by atoms with Crippen molar-refractivity contribution in [2.24, 2.45) is 0 Å². The van der Waals surface area contributed by atoms with Crippen LogP contribution in [-0.4, -0.2) is 33.6 Å². The summed E-state index contributed by atoms with van der Waals surface area (Å²) >= 11 is 0. The molecule has 10 heteroatoms. The Morgan fingerprint density at radius 3 is 2.61 bits per heavy atom. The van der Waals surface area contributed by atoms with Gasteiger partial charge in [0.25, 0.3) is 17.2 Å². The molecular weight excluding hydrogens is 368 g/mol. The van der Waals surface area contributed by atoms with E-state index in [2.05, 4.69) is 15.5 Å². The zero-order valence-corrected chi connectivity index (χ0v) is 14.6. The van der Waals surface area contributed by atoms with Crippen LogP contribution in [0.1, 0.15) is 16.1 Å². The number of H-pyrrole nitrogens is 1. The quantitative estimate of drug-likeness (QED) is 0.390. The normalized spacial score (nSPS) is 10.5. The summed E-state index contributed by atoms with van der Waals surface area (Å²) in [6.07, 6.45) is 0. The van der Waals surface area contributed by atoms with Crippen LogP contribution in [0.15, 0.2) is 47.3 Å². The van der Waals surface area contributed by atoms with Crippen LogP contribution in [0.2, 0.25) is 0 Å². The van der Waals surface area contributed by atoms with E-state index < -0.39 is 29.0 Å². The Labute approximate surface area is 157 Å². The highest BCUT2D eigenvalue weighted by Crippen LogP contribution is 2.27. The van der Waals surface area contributed by atoms with Gasteiger partial charge in [-0.3, -0.25) is 19.7 Å². The second-order valence-electron chi connectivity index (χ2n) is 5.80. The van der Waals surface area contributed by atoms with Crippen LogP contribution < -0.4 is 10.9 Å². The lowest BCUT2D eigenvalue weighted by Gasteiger charge is -2.09. The van der Waals surface area contributed by atoms with Crippen LogP contribution in [-0.2, 0) is 9.53 Å². The number of anilines is 1. The molecule has 1 heterocycles. The van der Waals surface area contributed by atoms with Crippen LogP contribution in [0.3, 0.4) is 0 Å². The summed E-state index contributed by atoms with van der Waals surface area (Å²) in [5, 5.41) is 19.9. The fourth-order valence-electron chi connectivity index (χ4n) is 2.61. The molecule has 2 aromatic carbocycles. The molecule has 3 rings (SSSR count). The van der Waals surface area contributed by atoms with Gasteiger partial charge in [-0.2, -0.15) is 5.10 Å². The number of hydrogen-bond donors (Lipinski definition) is 2. The Morgan fingerprint density at radius 2 is 1.89 bits per heavy atom. The summed E-state index contributed by atoms with van der Waals surface area (Å²) in [6.45, 7) is 0.921. The van der Waals surface area contributed by atoms with Crippen LogP contribution in [0.4, 0.5) is 11.4 Å². The van der Waals surface area contributed by atoms with E-state index in [1.165, 1.54) is 24.3 Å². The van der Waals surface area contributed by atoms with Gasteiger partial charge < -0.3 is 10.1 Å². The SMILES string of the molecule is Cc1cccc([N+](=O)[O-])c1NC(=O)COC(=O)c1n[nH]c(=O)c2ccccc12. The number of hydrogen-bond acceptors (Lipinski definition) is 7. The van der Waals surface area contributed by atoms with Gasteiger partial charge in [-0.1, -0.05) is 30.3 Å². The minimum absolute atomic E-state index is 0.0289. The predicted molar refractivity (Wildman–Crippen MR) is 99.1 cm³/mol. The number of nitrogens with zero attached hydrogens (tertiary/aromatic N) is 2. The van der Waals surface area contributed by atoms with Crippen molar-refractivity contribution >= 4 is 34.0 Å². The van der Waals surface area contributed by atoms with Gasteiger partial charge in [0.1, 0.15) is 5.69 Å². The van der Waals surface area contributed by atoms with E-state index in [1.54, 1.807) is 25.1 Å². The second kappa shape index (κ2) is 7.66. The van der Waals surface area contributed by atoms with Crippen LogP contribution in [0, 0.1) is 17.0 Å². The van der Waals surface area contributed by atoms with Crippen molar-refractivity contribution in [2.45, 2.75) is 6.92 Å². The maximum Gasteiger partial charge on any atom is 0.359 e. The minimum atomic E-state index is -0.915. The van der Waals surface area contributed by atoms with Gasteiger partial charge in [0.2, 0.25) is 0 Å². The number of carbonyl (C=O) groups is 2. The number of esters is 1. The highest BCUT2D eigenvalue weighted by Gasteiger charge is 2.20. The number of carbonyl (C=O) groups excluding carboxylic acids is 2. The number of nitro benzene ring substituents is 1. The van der Waals surface area contributed by atoms with Gasteiger partial charge in [0, 0.05) is 11.5 Å². The van der Waals surface area contributed by atoms with Crippen molar-refractivity contribution < 1.29 is 19.2 Å². The number of rotatable bonds is 5. The highest BCUT2D eigenvalue weighted by atomic mass is 16.6. The summed E-state index contributed by atoms with van der Waals surface area (Å²) in [5.41, 5.74) is -0.363. The first-order chi connectivity index (χ1) is 13.4. The monoisotopic (exact) mass is 382 g/mol. The lowest BCUT2D eigenvalue weighted by Crippen LogP contribution is -2.23. The van der Waals surface area contributed by atoms with Gasteiger partial charge in [-0.25, -0.2) is 9.89 Å². The molecule has 0 atom stereocenters. The third-order valence-corrected chi connectivity index (χ3v) is 3.94. The molecule has 28 heavy (non-hydrogen) atoms. The number of para-hydroxylation sites is 1. The molecule has 3 aromatic rings. The average Bonchev–Trinajstić information content (AvgIpc) is 2.68. The lowest BCUT2D eigenvalue weighted by molar-refractivity contribution is -0.384. The third-order valence-electron chi connectivity index (χ3n) is 3.94. The lowest BCUT2D eigenvalue weighted by atomic mass is 10.1. The first-order valence-corrected chi connectivity index (χ1v) is 8.07. The maximum absolute atomic E-state index is 12.3. The first-order valence-electron chi connectivity index (χ1n) is 8.07. The molecule has 0 saturated heterocycles. The number of amides is 1.